The van der Waals surface area contributed by atoms with Crippen molar-refractivity contribution in [3.05, 3.63) is 218 Å². The van der Waals surface area contributed by atoms with E-state index in [1.54, 1.807) is 0 Å². The number of furan rings is 1. The minimum atomic E-state index is 0.867. The molecule has 0 aliphatic heterocycles. The molecule has 0 saturated heterocycles. The second-order valence-electron chi connectivity index (χ2n) is 15.3. The molecule has 12 aromatic rings. The molecular weight excluding hydrogens is 717 g/mol. The summed E-state index contributed by atoms with van der Waals surface area (Å²) in [5, 5.41) is 5.94. The molecule has 276 valence electrons. The number of aromatic nitrogens is 2. The van der Waals surface area contributed by atoms with Crippen LogP contribution >= 0.6 is 0 Å². The van der Waals surface area contributed by atoms with E-state index in [-0.39, 0.29) is 0 Å². The maximum Gasteiger partial charge on any atom is 0.213 e. The Labute approximate surface area is 341 Å². The highest BCUT2D eigenvalue weighted by molar-refractivity contribution is 6.22. The number of rotatable bonds is 6. The second kappa shape index (κ2) is 13.4. The minimum absolute atomic E-state index is 0.867. The number of hydrogen-bond donors (Lipinski definition) is 0. The fourth-order valence-corrected chi connectivity index (χ4v) is 9.18. The van der Waals surface area contributed by atoms with Gasteiger partial charge >= 0.3 is 0 Å². The maximum atomic E-state index is 6.60. The smallest absolute Gasteiger partial charge is 0.213 e. The lowest BCUT2D eigenvalue weighted by Gasteiger charge is -2.13. The predicted octanol–water partition coefficient (Wildman–Crippen LogP) is 15.3. The molecule has 0 aliphatic rings. The van der Waals surface area contributed by atoms with Gasteiger partial charge in [0.2, 0.25) is 5.71 Å². The average molecular weight is 753 g/mol. The Morgan fingerprint density at radius 3 is 1.47 bits per heavy atom. The first-order valence-corrected chi connectivity index (χ1v) is 20.2. The Hall–Kier alpha value is -7.88. The largest absolute Gasteiger partial charge is 0.439 e. The van der Waals surface area contributed by atoms with Crippen molar-refractivity contribution >= 4 is 54.8 Å². The van der Waals surface area contributed by atoms with Crippen LogP contribution in [-0.2, 0) is 0 Å². The third kappa shape index (κ3) is 5.36. The monoisotopic (exact) mass is 752 g/mol. The Morgan fingerprint density at radius 2 is 0.797 bits per heavy atom. The zero-order chi connectivity index (χ0) is 38.9. The lowest BCUT2D eigenvalue weighted by Crippen LogP contribution is -1.95. The highest BCUT2D eigenvalue weighted by Crippen LogP contribution is 2.43. The lowest BCUT2D eigenvalue weighted by molar-refractivity contribution is 0.645. The average Bonchev–Trinajstić information content (AvgIpc) is 3.96. The normalized spacial score (nSPS) is 11.7. The molecular formula is C56H36N2O. The van der Waals surface area contributed by atoms with Gasteiger partial charge in [0.15, 0.2) is 0 Å². The van der Waals surface area contributed by atoms with Gasteiger partial charge in [-0.25, -0.2) is 0 Å². The number of para-hydroxylation sites is 3. The van der Waals surface area contributed by atoms with Crippen molar-refractivity contribution in [2.75, 3.05) is 0 Å². The van der Waals surface area contributed by atoms with Crippen LogP contribution in [-0.4, -0.2) is 9.13 Å². The van der Waals surface area contributed by atoms with E-state index in [0.717, 1.165) is 50.1 Å². The molecule has 12 rings (SSSR count). The fourth-order valence-electron chi connectivity index (χ4n) is 9.18. The number of nitrogens with zero attached hydrogens (tertiary/aromatic N) is 2. The van der Waals surface area contributed by atoms with E-state index in [0.29, 0.717) is 0 Å². The molecule has 0 bridgehead atoms. The molecule has 0 saturated carbocycles. The van der Waals surface area contributed by atoms with Gasteiger partial charge in [-0.2, -0.15) is 0 Å². The van der Waals surface area contributed by atoms with Crippen LogP contribution in [0.2, 0.25) is 0 Å². The first kappa shape index (κ1) is 33.3. The van der Waals surface area contributed by atoms with Crippen LogP contribution in [0.5, 0.6) is 0 Å². The van der Waals surface area contributed by atoms with E-state index >= 15 is 0 Å². The van der Waals surface area contributed by atoms with E-state index < -0.39 is 0 Å². The van der Waals surface area contributed by atoms with Crippen LogP contribution < -0.4 is 0 Å². The molecule has 9 aromatic carbocycles. The van der Waals surface area contributed by atoms with Crippen LogP contribution in [0.1, 0.15) is 0 Å². The highest BCUT2D eigenvalue weighted by atomic mass is 16.3. The molecule has 59 heavy (non-hydrogen) atoms. The summed E-state index contributed by atoms with van der Waals surface area (Å²) in [6, 6.07) is 78.6. The third-order valence-electron chi connectivity index (χ3n) is 11.9. The van der Waals surface area contributed by atoms with Gasteiger partial charge in [0.1, 0.15) is 5.58 Å². The van der Waals surface area contributed by atoms with E-state index in [1.165, 1.54) is 60.6 Å². The molecule has 0 aliphatic carbocycles. The van der Waals surface area contributed by atoms with Crippen LogP contribution in [0.3, 0.4) is 0 Å². The third-order valence-corrected chi connectivity index (χ3v) is 11.9. The van der Waals surface area contributed by atoms with Gasteiger partial charge in [-0.1, -0.05) is 164 Å². The Balaban J connectivity index is 0.981. The van der Waals surface area contributed by atoms with Crippen molar-refractivity contribution in [1.29, 1.82) is 0 Å². The van der Waals surface area contributed by atoms with E-state index in [2.05, 4.69) is 221 Å². The molecule has 3 aromatic heterocycles. The topological polar surface area (TPSA) is 23.0 Å². The predicted molar refractivity (Wildman–Crippen MR) is 247 cm³/mol. The molecule has 0 N–H and O–H groups in total. The first-order chi connectivity index (χ1) is 29.3. The van der Waals surface area contributed by atoms with E-state index in [9.17, 15) is 0 Å². The zero-order valence-electron chi connectivity index (χ0n) is 32.1. The molecule has 0 radical (unpaired) electrons. The van der Waals surface area contributed by atoms with Crippen LogP contribution in [0.25, 0.3) is 111 Å². The Bertz CT molecular complexity index is 3420. The molecule has 0 spiro atoms. The molecule has 0 unspecified atom stereocenters. The van der Waals surface area contributed by atoms with E-state index in [1.807, 2.05) is 6.07 Å². The van der Waals surface area contributed by atoms with Gasteiger partial charge in [-0.3, -0.25) is 4.57 Å². The van der Waals surface area contributed by atoms with Crippen molar-refractivity contribution in [3.8, 4) is 55.9 Å². The number of benzene rings is 9. The molecule has 3 heterocycles. The van der Waals surface area contributed by atoms with E-state index in [4.69, 9.17) is 4.42 Å². The molecule has 3 heteroatoms. The summed E-state index contributed by atoms with van der Waals surface area (Å²) in [6.07, 6.45) is 0. The summed E-state index contributed by atoms with van der Waals surface area (Å²) in [4.78, 5) is 0. The maximum absolute atomic E-state index is 6.60. The summed E-state index contributed by atoms with van der Waals surface area (Å²) in [6.45, 7) is 0. The summed E-state index contributed by atoms with van der Waals surface area (Å²) in [7, 11) is 0. The molecule has 0 amide bonds. The summed E-state index contributed by atoms with van der Waals surface area (Å²) in [5.41, 5.74) is 17.0. The van der Waals surface area contributed by atoms with Crippen LogP contribution in [0.15, 0.2) is 223 Å². The first-order valence-electron chi connectivity index (χ1n) is 20.2. The fraction of sp³-hybridized carbons (Fsp3) is 0. The van der Waals surface area contributed by atoms with Crippen LogP contribution in [0, 0.1) is 0 Å². The molecule has 3 nitrogen and oxygen atoms in total. The van der Waals surface area contributed by atoms with Crippen molar-refractivity contribution in [2.45, 2.75) is 0 Å². The molecule has 0 fully saturated rings. The van der Waals surface area contributed by atoms with Gasteiger partial charge in [0.25, 0.3) is 0 Å². The minimum Gasteiger partial charge on any atom is -0.439 e. The Morgan fingerprint density at radius 1 is 0.305 bits per heavy atom. The number of hydrogen-bond acceptors (Lipinski definition) is 1. The summed E-state index contributed by atoms with van der Waals surface area (Å²) in [5.74, 6) is 0. The highest BCUT2D eigenvalue weighted by Gasteiger charge is 2.22. The quantitative estimate of drug-likeness (QED) is 0.166. The van der Waals surface area contributed by atoms with Crippen molar-refractivity contribution in [3.63, 3.8) is 0 Å². The summed E-state index contributed by atoms with van der Waals surface area (Å²) >= 11 is 0. The lowest BCUT2D eigenvalue weighted by atomic mass is 9.98. The van der Waals surface area contributed by atoms with Gasteiger partial charge in [0, 0.05) is 38.5 Å². The van der Waals surface area contributed by atoms with Gasteiger partial charge in [-0.15, -0.1) is 0 Å². The number of fused-ring (bicyclic) bond motifs is 8. The van der Waals surface area contributed by atoms with Crippen molar-refractivity contribution in [1.82, 2.24) is 9.13 Å². The SMILES string of the molecule is c1ccc(-c2ccc3c(c2)c2cc(-c4ccccc4)ccc2n3-c2cccc(-c3ccc(-c4cccc5c6c7ccccc7oc6n(-c6ccccc6)c45)cc3)c2)cc1. The van der Waals surface area contributed by atoms with Gasteiger partial charge < -0.3 is 8.98 Å². The van der Waals surface area contributed by atoms with Gasteiger partial charge in [-0.05, 0) is 93.5 Å². The van der Waals surface area contributed by atoms with Crippen molar-refractivity contribution in [2.24, 2.45) is 0 Å². The summed E-state index contributed by atoms with van der Waals surface area (Å²) < 4.78 is 11.3. The van der Waals surface area contributed by atoms with Crippen LogP contribution in [0.4, 0.5) is 0 Å². The van der Waals surface area contributed by atoms with Crippen molar-refractivity contribution < 1.29 is 4.42 Å². The standard InChI is InChI=1S/C56H36N2O/c1-4-14-37(15-5-1)42-30-32-51-49(35-42)50-36-43(38-16-6-2-7-17-38)31-33-52(50)57(51)45-21-12-18-41(34-45)39-26-28-40(29-27-39)46-23-13-24-48-54-47-22-10-11-25-53(47)59-56(54)58(55(46)48)44-19-8-3-9-20-44/h1-36H. The zero-order valence-corrected chi connectivity index (χ0v) is 32.1. The second-order valence-corrected chi connectivity index (χ2v) is 15.3. The Kier molecular flexibility index (Phi) is 7.54. The molecule has 0 atom stereocenters. The van der Waals surface area contributed by atoms with Gasteiger partial charge in [0.05, 0.1) is 21.9 Å².